The summed E-state index contributed by atoms with van der Waals surface area (Å²) in [6.07, 6.45) is 3.88. The number of ether oxygens (including phenoxy) is 1. The molecule has 1 unspecified atom stereocenters. The minimum atomic E-state index is 0.471. The Bertz CT molecular complexity index is 333. The third-order valence-electron chi connectivity index (χ3n) is 2.28. The highest BCUT2D eigenvalue weighted by atomic mass is 16.5. The summed E-state index contributed by atoms with van der Waals surface area (Å²) in [6, 6.07) is 0. The third-order valence-corrected chi connectivity index (χ3v) is 2.28. The molecule has 0 aliphatic carbocycles. The van der Waals surface area contributed by atoms with Gasteiger partial charge < -0.3 is 14.6 Å². The van der Waals surface area contributed by atoms with Gasteiger partial charge in [0.2, 0.25) is 5.95 Å². The SMILES string of the molecule is C=CCn1cc(C)nc1NCC(C)COC. The second-order valence-corrected chi connectivity index (χ2v) is 4.09. The highest BCUT2D eigenvalue weighted by Gasteiger charge is 2.06. The van der Waals surface area contributed by atoms with E-state index >= 15 is 0 Å². The number of hydrogen-bond donors (Lipinski definition) is 1. The molecule has 1 N–H and O–H groups in total. The van der Waals surface area contributed by atoms with E-state index in [0.717, 1.165) is 31.3 Å². The van der Waals surface area contributed by atoms with E-state index in [1.165, 1.54) is 0 Å². The lowest BCUT2D eigenvalue weighted by Gasteiger charge is -2.12. The van der Waals surface area contributed by atoms with Crippen LogP contribution in [0.2, 0.25) is 0 Å². The number of aryl methyl sites for hydroxylation is 1. The fourth-order valence-corrected chi connectivity index (χ4v) is 1.58. The lowest BCUT2D eigenvalue weighted by atomic mass is 10.2. The first-order chi connectivity index (χ1) is 7.67. The highest BCUT2D eigenvalue weighted by molar-refractivity contribution is 5.29. The standard InChI is InChI=1S/C12H21N3O/c1-5-6-15-8-11(3)14-12(15)13-7-10(2)9-16-4/h5,8,10H,1,6-7,9H2,2-4H3,(H,13,14). The van der Waals surface area contributed by atoms with Gasteiger partial charge in [-0.25, -0.2) is 4.98 Å². The van der Waals surface area contributed by atoms with Crippen molar-refractivity contribution in [2.24, 2.45) is 5.92 Å². The smallest absolute Gasteiger partial charge is 0.203 e. The number of nitrogens with zero attached hydrogens (tertiary/aromatic N) is 2. The maximum absolute atomic E-state index is 5.09. The normalized spacial score (nSPS) is 12.4. The zero-order valence-electron chi connectivity index (χ0n) is 10.4. The van der Waals surface area contributed by atoms with Crippen molar-refractivity contribution in [2.45, 2.75) is 20.4 Å². The summed E-state index contributed by atoms with van der Waals surface area (Å²) in [5.74, 6) is 1.37. The van der Waals surface area contributed by atoms with Gasteiger partial charge in [-0.1, -0.05) is 13.0 Å². The molecule has 1 rings (SSSR count). The quantitative estimate of drug-likeness (QED) is 0.719. The summed E-state index contributed by atoms with van der Waals surface area (Å²) in [4.78, 5) is 4.42. The van der Waals surface area contributed by atoms with Crippen LogP contribution in [-0.2, 0) is 11.3 Å². The molecular formula is C12H21N3O. The average molecular weight is 223 g/mol. The summed E-state index contributed by atoms with van der Waals surface area (Å²) in [5.41, 5.74) is 1.02. The molecule has 0 saturated heterocycles. The third kappa shape index (κ3) is 3.70. The van der Waals surface area contributed by atoms with Gasteiger partial charge >= 0.3 is 0 Å². The lowest BCUT2D eigenvalue weighted by molar-refractivity contribution is 0.164. The summed E-state index contributed by atoms with van der Waals surface area (Å²) in [6.45, 7) is 10.3. The van der Waals surface area contributed by atoms with Crippen LogP contribution in [0, 0.1) is 12.8 Å². The second kappa shape index (κ2) is 6.33. The minimum Gasteiger partial charge on any atom is -0.384 e. The minimum absolute atomic E-state index is 0.471. The Morgan fingerprint density at radius 2 is 2.44 bits per heavy atom. The van der Waals surface area contributed by atoms with Crippen molar-refractivity contribution in [3.8, 4) is 0 Å². The molecule has 0 fully saturated rings. The van der Waals surface area contributed by atoms with Crippen LogP contribution in [0.3, 0.4) is 0 Å². The molecule has 90 valence electrons. The molecule has 4 heteroatoms. The molecule has 1 atom stereocenters. The number of rotatable bonds is 7. The van der Waals surface area contributed by atoms with Gasteiger partial charge in [-0.2, -0.15) is 0 Å². The number of nitrogens with one attached hydrogen (secondary N) is 1. The van der Waals surface area contributed by atoms with Gasteiger partial charge in [-0.15, -0.1) is 6.58 Å². The summed E-state index contributed by atoms with van der Waals surface area (Å²) in [7, 11) is 1.72. The molecule has 1 aromatic rings. The van der Waals surface area contributed by atoms with Crippen molar-refractivity contribution in [3.63, 3.8) is 0 Å². The Morgan fingerprint density at radius 1 is 1.69 bits per heavy atom. The number of hydrogen-bond acceptors (Lipinski definition) is 3. The van der Waals surface area contributed by atoms with E-state index in [9.17, 15) is 0 Å². The summed E-state index contributed by atoms with van der Waals surface area (Å²) < 4.78 is 7.15. The topological polar surface area (TPSA) is 39.1 Å². The predicted molar refractivity (Wildman–Crippen MR) is 66.7 cm³/mol. The van der Waals surface area contributed by atoms with Gasteiger partial charge in [0, 0.05) is 26.4 Å². The maximum Gasteiger partial charge on any atom is 0.203 e. The van der Waals surface area contributed by atoms with E-state index in [1.54, 1.807) is 7.11 Å². The molecule has 1 heterocycles. The average Bonchev–Trinajstić information content (AvgIpc) is 2.57. The molecule has 16 heavy (non-hydrogen) atoms. The van der Waals surface area contributed by atoms with Crippen molar-refractivity contribution in [1.29, 1.82) is 0 Å². The Hall–Kier alpha value is -1.29. The lowest BCUT2D eigenvalue weighted by Crippen LogP contribution is -2.18. The van der Waals surface area contributed by atoms with E-state index in [0.29, 0.717) is 5.92 Å². The van der Waals surface area contributed by atoms with E-state index in [2.05, 4.69) is 28.4 Å². The highest BCUT2D eigenvalue weighted by Crippen LogP contribution is 2.09. The first-order valence-electron chi connectivity index (χ1n) is 5.54. The Balaban J connectivity index is 2.54. The molecule has 4 nitrogen and oxygen atoms in total. The fourth-order valence-electron chi connectivity index (χ4n) is 1.58. The van der Waals surface area contributed by atoms with Crippen LogP contribution >= 0.6 is 0 Å². The molecule has 0 saturated carbocycles. The zero-order chi connectivity index (χ0) is 12.0. The Kier molecular flexibility index (Phi) is 5.05. The number of anilines is 1. The number of allylic oxidation sites excluding steroid dienone is 1. The second-order valence-electron chi connectivity index (χ2n) is 4.09. The van der Waals surface area contributed by atoms with Crippen LogP contribution in [0.15, 0.2) is 18.9 Å². The first kappa shape index (κ1) is 12.8. The van der Waals surface area contributed by atoms with Crippen LogP contribution < -0.4 is 5.32 Å². The number of methoxy groups -OCH3 is 1. The van der Waals surface area contributed by atoms with Crippen molar-refractivity contribution in [3.05, 3.63) is 24.5 Å². The molecule has 0 aliphatic heterocycles. The van der Waals surface area contributed by atoms with Gasteiger partial charge in [-0.3, -0.25) is 0 Å². The molecular weight excluding hydrogens is 202 g/mol. The van der Waals surface area contributed by atoms with Gasteiger partial charge in [0.15, 0.2) is 0 Å². The molecule has 0 amide bonds. The summed E-state index contributed by atoms with van der Waals surface area (Å²) in [5, 5.41) is 3.33. The zero-order valence-corrected chi connectivity index (χ0v) is 10.4. The van der Waals surface area contributed by atoms with Crippen molar-refractivity contribution in [2.75, 3.05) is 25.6 Å². The fraction of sp³-hybridized carbons (Fsp3) is 0.583. The van der Waals surface area contributed by atoms with E-state index < -0.39 is 0 Å². The van der Waals surface area contributed by atoms with Crippen LogP contribution in [0.5, 0.6) is 0 Å². The maximum atomic E-state index is 5.09. The van der Waals surface area contributed by atoms with E-state index in [1.807, 2.05) is 19.2 Å². The van der Waals surface area contributed by atoms with Gasteiger partial charge in [0.25, 0.3) is 0 Å². The molecule has 0 aliphatic rings. The van der Waals surface area contributed by atoms with Crippen molar-refractivity contribution < 1.29 is 4.74 Å². The molecule has 1 aromatic heterocycles. The monoisotopic (exact) mass is 223 g/mol. The van der Waals surface area contributed by atoms with Crippen molar-refractivity contribution >= 4 is 5.95 Å². The van der Waals surface area contributed by atoms with Gasteiger partial charge in [0.05, 0.1) is 12.3 Å². The number of imidazole rings is 1. The van der Waals surface area contributed by atoms with Crippen LogP contribution in [0.4, 0.5) is 5.95 Å². The van der Waals surface area contributed by atoms with Crippen molar-refractivity contribution in [1.82, 2.24) is 9.55 Å². The first-order valence-corrected chi connectivity index (χ1v) is 5.54. The molecule has 0 spiro atoms. The van der Waals surface area contributed by atoms with Crippen LogP contribution in [-0.4, -0.2) is 29.8 Å². The van der Waals surface area contributed by atoms with Gasteiger partial charge in [-0.05, 0) is 12.8 Å². The summed E-state index contributed by atoms with van der Waals surface area (Å²) >= 11 is 0. The molecule has 0 radical (unpaired) electrons. The van der Waals surface area contributed by atoms with E-state index in [4.69, 9.17) is 4.74 Å². The predicted octanol–water partition coefficient (Wildman–Crippen LogP) is 2.07. The molecule has 0 aromatic carbocycles. The largest absolute Gasteiger partial charge is 0.384 e. The van der Waals surface area contributed by atoms with Crippen LogP contribution in [0.25, 0.3) is 0 Å². The number of aromatic nitrogens is 2. The molecule has 0 bridgehead atoms. The Labute approximate surface area is 97.3 Å². The van der Waals surface area contributed by atoms with Gasteiger partial charge in [0.1, 0.15) is 0 Å². The van der Waals surface area contributed by atoms with Crippen LogP contribution in [0.1, 0.15) is 12.6 Å². The Morgan fingerprint density at radius 3 is 3.06 bits per heavy atom. The van der Waals surface area contributed by atoms with E-state index in [-0.39, 0.29) is 0 Å².